The minimum Gasteiger partial charge on any atom is -0.497 e. The molecule has 1 aromatic carbocycles. The Kier molecular flexibility index (Phi) is 5.03. The maximum atomic E-state index is 5.21. The Hall–Kier alpha value is -1.75. The van der Waals surface area contributed by atoms with Crippen LogP contribution in [0.1, 0.15) is 5.56 Å². The number of nitrogens with zero attached hydrogens (tertiary/aromatic N) is 2. The van der Waals surface area contributed by atoms with E-state index in [1.54, 1.807) is 13.3 Å². The second-order valence-electron chi connectivity index (χ2n) is 3.96. The van der Waals surface area contributed by atoms with Gasteiger partial charge in [0, 0.05) is 12.7 Å². The van der Waals surface area contributed by atoms with Crippen LogP contribution in [0.15, 0.2) is 41.7 Å². The van der Waals surface area contributed by atoms with Gasteiger partial charge in [-0.3, -0.25) is 0 Å². The van der Waals surface area contributed by atoms with Gasteiger partial charge in [-0.15, -0.1) is 0 Å². The molecule has 0 radical (unpaired) electrons. The lowest BCUT2D eigenvalue weighted by atomic mass is 10.1. The molecule has 2 rings (SSSR count). The van der Waals surface area contributed by atoms with Gasteiger partial charge < -0.3 is 10.1 Å². The molecule has 5 heteroatoms. The normalized spacial score (nSPS) is 10.2. The molecule has 0 aliphatic rings. The first-order valence-electron chi connectivity index (χ1n) is 6.05. The van der Waals surface area contributed by atoms with Crippen LogP contribution in [0.3, 0.4) is 0 Å². The van der Waals surface area contributed by atoms with E-state index in [9.17, 15) is 0 Å². The molecule has 19 heavy (non-hydrogen) atoms. The van der Waals surface area contributed by atoms with Gasteiger partial charge in [0.05, 0.1) is 7.11 Å². The zero-order valence-electron chi connectivity index (χ0n) is 11.1. The molecule has 0 spiro atoms. The van der Waals surface area contributed by atoms with Gasteiger partial charge in [0.1, 0.15) is 11.6 Å². The van der Waals surface area contributed by atoms with Gasteiger partial charge in [0.25, 0.3) is 0 Å². The number of methoxy groups -OCH3 is 1. The van der Waals surface area contributed by atoms with Crippen LogP contribution < -0.4 is 10.1 Å². The lowest BCUT2D eigenvalue weighted by Crippen LogP contribution is -2.06. The minimum atomic E-state index is 0.784. The van der Waals surface area contributed by atoms with Crippen molar-refractivity contribution in [3.8, 4) is 5.75 Å². The SMILES string of the molecule is COc1cccc(CCNc2ccnc(SC)n2)c1. The topological polar surface area (TPSA) is 47.0 Å². The van der Waals surface area contributed by atoms with E-state index in [4.69, 9.17) is 4.74 Å². The molecular weight excluding hydrogens is 258 g/mol. The third-order valence-electron chi connectivity index (χ3n) is 2.67. The van der Waals surface area contributed by atoms with Crippen LogP contribution in [-0.4, -0.2) is 29.9 Å². The molecule has 1 aromatic heterocycles. The summed E-state index contributed by atoms with van der Waals surface area (Å²) in [7, 11) is 1.68. The largest absolute Gasteiger partial charge is 0.497 e. The van der Waals surface area contributed by atoms with Crippen molar-refractivity contribution in [1.82, 2.24) is 9.97 Å². The van der Waals surface area contributed by atoms with Crippen molar-refractivity contribution < 1.29 is 4.74 Å². The summed E-state index contributed by atoms with van der Waals surface area (Å²) in [5.41, 5.74) is 1.24. The number of nitrogens with one attached hydrogen (secondary N) is 1. The molecule has 0 bridgehead atoms. The quantitative estimate of drug-likeness (QED) is 0.649. The minimum absolute atomic E-state index is 0.784. The fourth-order valence-corrected chi connectivity index (χ4v) is 2.06. The Balaban J connectivity index is 1.88. The number of benzene rings is 1. The predicted molar refractivity (Wildman–Crippen MR) is 79.0 cm³/mol. The van der Waals surface area contributed by atoms with Crippen LogP contribution in [0.4, 0.5) is 5.82 Å². The second-order valence-corrected chi connectivity index (χ2v) is 4.73. The summed E-state index contributed by atoms with van der Waals surface area (Å²) >= 11 is 1.54. The summed E-state index contributed by atoms with van der Waals surface area (Å²) in [6, 6.07) is 9.98. The maximum absolute atomic E-state index is 5.21. The Labute approximate surface area is 117 Å². The van der Waals surface area contributed by atoms with Crippen LogP contribution in [0.2, 0.25) is 0 Å². The molecular formula is C14H17N3OS. The van der Waals surface area contributed by atoms with Crippen LogP contribution in [0, 0.1) is 0 Å². The Morgan fingerprint density at radius 1 is 1.32 bits per heavy atom. The molecule has 0 fully saturated rings. The number of rotatable bonds is 6. The van der Waals surface area contributed by atoms with E-state index in [1.807, 2.05) is 24.5 Å². The number of hydrogen-bond acceptors (Lipinski definition) is 5. The van der Waals surface area contributed by atoms with E-state index in [2.05, 4.69) is 27.4 Å². The molecule has 4 nitrogen and oxygen atoms in total. The van der Waals surface area contributed by atoms with Crippen LogP contribution in [0.5, 0.6) is 5.75 Å². The van der Waals surface area contributed by atoms with Crippen molar-refractivity contribution in [1.29, 1.82) is 0 Å². The molecule has 0 unspecified atom stereocenters. The summed E-state index contributed by atoms with van der Waals surface area (Å²) in [6.45, 7) is 0.831. The Morgan fingerprint density at radius 3 is 3.00 bits per heavy atom. The Bertz CT molecular complexity index is 486. The Morgan fingerprint density at radius 2 is 2.21 bits per heavy atom. The summed E-state index contributed by atoms with van der Waals surface area (Å²) in [4.78, 5) is 8.51. The number of aromatic nitrogens is 2. The fraction of sp³-hybridized carbons (Fsp3) is 0.286. The average molecular weight is 275 g/mol. The van der Waals surface area contributed by atoms with Crippen molar-refractivity contribution in [3.05, 3.63) is 42.1 Å². The first-order chi connectivity index (χ1) is 9.31. The number of thioether (sulfide) groups is 1. The van der Waals surface area contributed by atoms with Gasteiger partial charge in [-0.1, -0.05) is 23.9 Å². The van der Waals surface area contributed by atoms with Crippen LogP contribution >= 0.6 is 11.8 Å². The van der Waals surface area contributed by atoms with Crippen molar-refractivity contribution in [3.63, 3.8) is 0 Å². The monoisotopic (exact) mass is 275 g/mol. The highest BCUT2D eigenvalue weighted by Crippen LogP contribution is 2.14. The standard InChI is InChI=1S/C14H17N3OS/c1-18-12-5-3-4-11(10-12)6-8-15-13-7-9-16-14(17-13)19-2/h3-5,7,9-10H,6,8H2,1-2H3,(H,15,16,17). The third kappa shape index (κ3) is 4.13. The highest BCUT2D eigenvalue weighted by Gasteiger charge is 1.99. The molecule has 100 valence electrons. The summed E-state index contributed by atoms with van der Waals surface area (Å²) in [5.74, 6) is 1.76. The maximum Gasteiger partial charge on any atom is 0.189 e. The third-order valence-corrected chi connectivity index (χ3v) is 3.23. The first-order valence-corrected chi connectivity index (χ1v) is 7.28. The van der Waals surface area contributed by atoms with E-state index in [0.717, 1.165) is 29.7 Å². The van der Waals surface area contributed by atoms with E-state index in [1.165, 1.54) is 17.3 Å². The number of hydrogen-bond donors (Lipinski definition) is 1. The molecule has 1 heterocycles. The molecule has 0 atom stereocenters. The van der Waals surface area contributed by atoms with Gasteiger partial charge in [-0.25, -0.2) is 9.97 Å². The second kappa shape index (κ2) is 6.99. The molecule has 0 amide bonds. The molecule has 0 saturated heterocycles. The molecule has 0 aliphatic heterocycles. The van der Waals surface area contributed by atoms with Gasteiger partial charge in [0.2, 0.25) is 0 Å². The summed E-state index contributed by atoms with van der Waals surface area (Å²) < 4.78 is 5.21. The lowest BCUT2D eigenvalue weighted by molar-refractivity contribution is 0.414. The predicted octanol–water partition coefficient (Wildman–Crippen LogP) is 2.86. The van der Waals surface area contributed by atoms with E-state index in [-0.39, 0.29) is 0 Å². The summed E-state index contributed by atoms with van der Waals surface area (Å²) in [6.07, 6.45) is 4.66. The van der Waals surface area contributed by atoms with Crippen LogP contribution in [-0.2, 0) is 6.42 Å². The van der Waals surface area contributed by atoms with Crippen molar-refractivity contribution in [2.75, 3.05) is 25.2 Å². The highest BCUT2D eigenvalue weighted by atomic mass is 32.2. The van der Waals surface area contributed by atoms with Gasteiger partial charge >= 0.3 is 0 Å². The fourth-order valence-electron chi connectivity index (χ4n) is 1.70. The number of anilines is 1. The van der Waals surface area contributed by atoms with Crippen molar-refractivity contribution >= 4 is 17.6 Å². The van der Waals surface area contributed by atoms with Gasteiger partial charge in [-0.05, 0) is 36.4 Å². The van der Waals surface area contributed by atoms with E-state index in [0.29, 0.717) is 0 Å². The average Bonchev–Trinajstić information content (AvgIpc) is 2.48. The zero-order valence-corrected chi connectivity index (χ0v) is 11.9. The molecule has 1 N–H and O–H groups in total. The van der Waals surface area contributed by atoms with Crippen molar-refractivity contribution in [2.24, 2.45) is 0 Å². The molecule has 0 saturated carbocycles. The van der Waals surface area contributed by atoms with Gasteiger partial charge in [-0.2, -0.15) is 0 Å². The molecule has 0 aliphatic carbocycles. The van der Waals surface area contributed by atoms with Gasteiger partial charge in [0.15, 0.2) is 5.16 Å². The van der Waals surface area contributed by atoms with E-state index < -0.39 is 0 Å². The summed E-state index contributed by atoms with van der Waals surface area (Å²) in [5, 5.41) is 4.08. The molecule has 2 aromatic rings. The zero-order chi connectivity index (χ0) is 13.5. The smallest absolute Gasteiger partial charge is 0.189 e. The number of ether oxygens (including phenoxy) is 1. The first kappa shape index (κ1) is 13.7. The van der Waals surface area contributed by atoms with Crippen LogP contribution in [0.25, 0.3) is 0 Å². The lowest BCUT2D eigenvalue weighted by Gasteiger charge is -2.07. The van der Waals surface area contributed by atoms with Crippen molar-refractivity contribution in [2.45, 2.75) is 11.6 Å². The van der Waals surface area contributed by atoms with E-state index >= 15 is 0 Å². The highest BCUT2D eigenvalue weighted by molar-refractivity contribution is 7.98.